The molecule has 2 aliphatic rings. The van der Waals surface area contributed by atoms with Crippen molar-refractivity contribution in [3.8, 4) is 6.07 Å². The predicted molar refractivity (Wildman–Crippen MR) is 152 cm³/mol. The van der Waals surface area contributed by atoms with Crippen LogP contribution in [0.3, 0.4) is 0 Å². The molecule has 0 unspecified atom stereocenters. The van der Waals surface area contributed by atoms with Crippen LogP contribution in [0.5, 0.6) is 0 Å². The Morgan fingerprint density at radius 1 is 1.24 bits per heavy atom. The number of nitriles is 1. The van der Waals surface area contributed by atoms with Gasteiger partial charge in [0.1, 0.15) is 6.04 Å². The zero-order chi connectivity index (χ0) is 29.3. The van der Waals surface area contributed by atoms with Crippen molar-refractivity contribution in [1.82, 2.24) is 19.8 Å². The van der Waals surface area contributed by atoms with Crippen molar-refractivity contribution in [2.75, 3.05) is 32.8 Å². The second-order valence-corrected chi connectivity index (χ2v) is 11.7. The number of likely N-dealkylation sites (tertiary alicyclic amines) is 1. The Morgan fingerprint density at radius 2 is 1.93 bits per heavy atom. The molecule has 2 fully saturated rings. The fourth-order valence-electron chi connectivity index (χ4n) is 4.61. The quantitative estimate of drug-likeness (QED) is 0.141. The Morgan fingerprint density at radius 3 is 2.51 bits per heavy atom. The lowest BCUT2D eigenvalue weighted by Gasteiger charge is -2.33. The topological polar surface area (TPSA) is 199 Å². The molecule has 0 radical (unpaired) electrons. The van der Waals surface area contributed by atoms with Crippen LogP contribution in [-0.4, -0.2) is 86.8 Å². The van der Waals surface area contributed by atoms with Crippen LogP contribution in [0.2, 0.25) is 0 Å². The molecule has 1 aliphatic carbocycles. The van der Waals surface area contributed by atoms with Gasteiger partial charge in [0.05, 0.1) is 36.0 Å². The van der Waals surface area contributed by atoms with E-state index in [0.29, 0.717) is 32.5 Å². The molecule has 0 aromatic heterocycles. The molecule has 13 nitrogen and oxygen atoms in total. The third-order valence-corrected chi connectivity index (χ3v) is 8.35. The van der Waals surface area contributed by atoms with Crippen molar-refractivity contribution < 1.29 is 27.5 Å². The van der Waals surface area contributed by atoms with Gasteiger partial charge >= 0.3 is 5.97 Å². The van der Waals surface area contributed by atoms with Gasteiger partial charge in [-0.3, -0.25) is 19.8 Å². The number of halogens is 1. The van der Waals surface area contributed by atoms with Gasteiger partial charge in [-0.25, -0.2) is 8.42 Å². The van der Waals surface area contributed by atoms with E-state index in [0.717, 1.165) is 12.8 Å². The van der Waals surface area contributed by atoms with Crippen LogP contribution in [-0.2, 0) is 29.1 Å². The van der Waals surface area contributed by atoms with Crippen molar-refractivity contribution in [1.29, 1.82) is 10.7 Å². The molecule has 2 atom stereocenters. The number of nitrogens with two attached hydrogens (primary N) is 1. The van der Waals surface area contributed by atoms with Crippen LogP contribution < -0.4 is 15.8 Å². The number of nitrogens with zero attached hydrogens (tertiary/aromatic N) is 3. The summed E-state index contributed by atoms with van der Waals surface area (Å²) in [5.74, 6) is -1.55. The van der Waals surface area contributed by atoms with E-state index in [2.05, 4.69) is 10.0 Å². The fourth-order valence-corrected chi connectivity index (χ4v) is 5.80. The van der Waals surface area contributed by atoms with E-state index in [1.54, 1.807) is 11.8 Å². The number of guanidine groups is 1. The number of piperidine rings is 1. The van der Waals surface area contributed by atoms with E-state index < -0.39 is 40.3 Å². The first-order chi connectivity index (χ1) is 19.0. The second-order valence-electron chi connectivity index (χ2n) is 9.98. The van der Waals surface area contributed by atoms with Crippen LogP contribution in [0, 0.1) is 22.7 Å². The van der Waals surface area contributed by atoms with Gasteiger partial charge in [-0.2, -0.15) is 9.98 Å². The molecule has 1 saturated carbocycles. The highest BCUT2D eigenvalue weighted by atomic mass is 35.5. The molecule has 3 rings (SSSR count). The van der Waals surface area contributed by atoms with Crippen LogP contribution >= 0.6 is 12.4 Å². The van der Waals surface area contributed by atoms with Gasteiger partial charge in [0.2, 0.25) is 21.8 Å². The summed E-state index contributed by atoms with van der Waals surface area (Å²) in [5, 5.41) is 19.5. The van der Waals surface area contributed by atoms with Crippen molar-refractivity contribution in [3.05, 3.63) is 29.8 Å². The molecule has 226 valence electrons. The van der Waals surface area contributed by atoms with E-state index in [4.69, 9.17) is 21.1 Å². The maximum Gasteiger partial charge on any atom is 0.307 e. The average molecular weight is 612 g/mol. The lowest BCUT2D eigenvalue weighted by molar-refractivity contribution is -0.144. The summed E-state index contributed by atoms with van der Waals surface area (Å²) >= 11 is 0. The fraction of sp³-hybridized carbons (Fsp3) is 0.577. The number of hydrogen-bond acceptors (Lipinski definition) is 8. The second kappa shape index (κ2) is 15.6. The summed E-state index contributed by atoms with van der Waals surface area (Å²) in [7, 11) is -4.23. The minimum absolute atomic E-state index is 0. The molecule has 1 aromatic carbocycles. The Hall–Kier alpha value is -3.41. The molecular weight excluding hydrogens is 574 g/mol. The number of carbonyl (C=O) groups excluding carboxylic acids is 3. The number of esters is 1. The molecule has 2 amide bonds. The highest BCUT2D eigenvalue weighted by Crippen LogP contribution is 2.28. The summed E-state index contributed by atoms with van der Waals surface area (Å²) in [4.78, 5) is 41.6. The summed E-state index contributed by atoms with van der Waals surface area (Å²) in [5.41, 5.74) is 5.87. The number of sulfonamides is 1. The van der Waals surface area contributed by atoms with Crippen LogP contribution in [0.15, 0.2) is 29.2 Å². The van der Waals surface area contributed by atoms with Gasteiger partial charge in [0, 0.05) is 32.2 Å². The third kappa shape index (κ3) is 10.2. The maximum absolute atomic E-state index is 13.6. The molecule has 1 heterocycles. The first-order valence-corrected chi connectivity index (χ1v) is 14.9. The van der Waals surface area contributed by atoms with Crippen molar-refractivity contribution in [2.24, 2.45) is 11.7 Å². The minimum atomic E-state index is -4.23. The van der Waals surface area contributed by atoms with Crippen LogP contribution in [0.1, 0.15) is 51.0 Å². The normalized spacial score (nSPS) is 17.4. The molecule has 1 aromatic rings. The maximum atomic E-state index is 13.6. The van der Waals surface area contributed by atoms with Crippen LogP contribution in [0.25, 0.3) is 0 Å². The Bertz CT molecular complexity index is 1230. The number of rotatable bonds is 13. The summed E-state index contributed by atoms with van der Waals surface area (Å²) in [6, 6.07) is 5.57. The largest absolute Gasteiger partial charge is 0.466 e. The molecule has 5 N–H and O–H groups in total. The van der Waals surface area contributed by atoms with E-state index in [1.807, 2.05) is 6.07 Å². The van der Waals surface area contributed by atoms with Gasteiger partial charge in [-0.05, 0) is 62.8 Å². The van der Waals surface area contributed by atoms with E-state index in [9.17, 15) is 22.8 Å². The zero-order valence-electron chi connectivity index (χ0n) is 23.0. The highest BCUT2D eigenvalue weighted by Gasteiger charge is 2.38. The first kappa shape index (κ1) is 33.8. The summed E-state index contributed by atoms with van der Waals surface area (Å²) in [6.45, 7) is 3.42. The molecule has 15 heteroatoms. The monoisotopic (exact) mass is 611 g/mol. The van der Waals surface area contributed by atoms with Gasteiger partial charge in [0.15, 0.2) is 5.96 Å². The van der Waals surface area contributed by atoms with E-state index in [1.165, 1.54) is 29.2 Å². The SMILES string of the molecule is CCOC(=O)CCN(C(=O)[C@H](CC(=O)NC[C@@H]1CCCN(C(=N)N)C1)NS(=O)(=O)c1ccc(C#N)cc1)C1CC1.Cl. The smallest absolute Gasteiger partial charge is 0.307 e. The third-order valence-electron chi connectivity index (χ3n) is 6.86. The molecule has 0 bridgehead atoms. The summed E-state index contributed by atoms with van der Waals surface area (Å²) in [6.07, 6.45) is 2.59. The van der Waals surface area contributed by atoms with Gasteiger partial charge < -0.3 is 25.6 Å². The van der Waals surface area contributed by atoms with Crippen molar-refractivity contribution >= 4 is 46.2 Å². The molecule has 41 heavy (non-hydrogen) atoms. The summed E-state index contributed by atoms with van der Waals surface area (Å²) < 4.78 is 33.7. The minimum Gasteiger partial charge on any atom is -0.466 e. The zero-order valence-corrected chi connectivity index (χ0v) is 24.6. The van der Waals surface area contributed by atoms with Crippen molar-refractivity contribution in [2.45, 2.75) is 62.4 Å². The standard InChI is InChI=1S/C26H37N7O6S.ClH/c1-2-39-24(35)11-13-33(20-7-8-20)25(36)22(31-40(37,38)21-9-5-18(15-27)6-10-21)14-23(34)30-16-19-4-3-12-32(17-19)26(28)29;/h5-6,9-10,19-20,22,31H,2-4,7-8,11-14,16-17H2,1H3,(H3,28,29)(H,30,34);1H/t19-,22-;/m0./s1. The van der Waals surface area contributed by atoms with E-state index in [-0.39, 0.29) is 60.4 Å². The number of carbonyl (C=O) groups is 3. The van der Waals surface area contributed by atoms with Gasteiger partial charge in [-0.15, -0.1) is 12.4 Å². The molecule has 0 spiro atoms. The number of hydrogen-bond donors (Lipinski definition) is 4. The molecule has 1 saturated heterocycles. The Kier molecular flexibility index (Phi) is 12.8. The number of amides is 2. The Balaban J connectivity index is 0.00000588. The molecular formula is C26H38ClN7O6S. The van der Waals surface area contributed by atoms with E-state index >= 15 is 0 Å². The predicted octanol–water partition coefficient (Wildman–Crippen LogP) is 0.683. The average Bonchev–Trinajstić information content (AvgIpc) is 3.77. The van der Waals surface area contributed by atoms with Crippen LogP contribution in [0.4, 0.5) is 0 Å². The lowest BCUT2D eigenvalue weighted by Crippen LogP contribution is -2.52. The number of ether oxygens (including phenoxy) is 1. The van der Waals surface area contributed by atoms with Gasteiger partial charge in [-0.1, -0.05) is 0 Å². The van der Waals surface area contributed by atoms with Crippen molar-refractivity contribution in [3.63, 3.8) is 0 Å². The number of nitrogens with one attached hydrogen (secondary N) is 3. The molecule has 1 aliphatic heterocycles. The lowest BCUT2D eigenvalue weighted by atomic mass is 9.98. The van der Waals surface area contributed by atoms with Gasteiger partial charge in [0.25, 0.3) is 0 Å². The Labute approximate surface area is 246 Å². The number of benzene rings is 1. The highest BCUT2D eigenvalue weighted by molar-refractivity contribution is 7.89. The first-order valence-electron chi connectivity index (χ1n) is 13.4.